The molecule has 0 aromatic rings. The van der Waals surface area contributed by atoms with Crippen LogP contribution in [0.1, 0.15) is 25.7 Å². The molecule has 90 valence electrons. The average Bonchev–Trinajstić information content (AvgIpc) is 2.59. The van der Waals surface area contributed by atoms with E-state index in [1.807, 2.05) is 0 Å². The van der Waals surface area contributed by atoms with Crippen LogP contribution in [0.3, 0.4) is 0 Å². The van der Waals surface area contributed by atoms with E-state index in [1.54, 1.807) is 7.11 Å². The quantitative estimate of drug-likeness (QED) is 0.684. The molecular weight excluding hydrogens is 214 g/mol. The van der Waals surface area contributed by atoms with E-state index < -0.39 is 9.84 Å². The van der Waals surface area contributed by atoms with Gasteiger partial charge in [-0.25, -0.2) is 8.42 Å². The molecule has 1 N–H and O–H groups in total. The summed E-state index contributed by atoms with van der Waals surface area (Å²) in [4.78, 5) is 0. The highest BCUT2D eigenvalue weighted by atomic mass is 32.2. The van der Waals surface area contributed by atoms with Gasteiger partial charge in [-0.05, 0) is 25.8 Å². The largest absolute Gasteiger partial charge is 0.385 e. The van der Waals surface area contributed by atoms with Gasteiger partial charge >= 0.3 is 0 Å². The van der Waals surface area contributed by atoms with Crippen molar-refractivity contribution in [3.05, 3.63) is 0 Å². The van der Waals surface area contributed by atoms with E-state index in [1.165, 1.54) is 6.26 Å². The molecular formula is C10H21NO3S. The van der Waals surface area contributed by atoms with E-state index >= 15 is 0 Å². The van der Waals surface area contributed by atoms with Gasteiger partial charge in [0.25, 0.3) is 0 Å². The van der Waals surface area contributed by atoms with Gasteiger partial charge in [0, 0.05) is 26.0 Å². The van der Waals surface area contributed by atoms with Crippen LogP contribution in [-0.4, -0.2) is 46.2 Å². The summed E-state index contributed by atoms with van der Waals surface area (Å²) in [5.74, 6) is 0. The highest BCUT2D eigenvalue weighted by Gasteiger charge is 2.33. The van der Waals surface area contributed by atoms with Gasteiger partial charge < -0.3 is 10.1 Å². The van der Waals surface area contributed by atoms with E-state index in [0.29, 0.717) is 0 Å². The Labute approximate surface area is 92.3 Å². The number of rotatable bonds is 6. The molecule has 0 aliphatic heterocycles. The Morgan fingerprint density at radius 3 is 2.73 bits per heavy atom. The first-order valence-electron chi connectivity index (χ1n) is 5.47. The van der Waals surface area contributed by atoms with Crippen molar-refractivity contribution in [1.29, 1.82) is 0 Å². The van der Waals surface area contributed by atoms with Gasteiger partial charge in [0.2, 0.25) is 0 Å². The first kappa shape index (κ1) is 12.9. The van der Waals surface area contributed by atoms with Crippen molar-refractivity contribution in [2.45, 2.75) is 37.0 Å². The number of ether oxygens (including phenoxy) is 1. The van der Waals surface area contributed by atoms with Crippen LogP contribution in [0.4, 0.5) is 0 Å². The Bertz CT molecular complexity index is 276. The Balaban J connectivity index is 2.34. The summed E-state index contributed by atoms with van der Waals surface area (Å²) in [6, 6.07) is 0.150. The molecule has 1 saturated carbocycles. The van der Waals surface area contributed by atoms with Gasteiger partial charge in [-0.2, -0.15) is 0 Å². The van der Waals surface area contributed by atoms with Crippen molar-refractivity contribution < 1.29 is 13.2 Å². The van der Waals surface area contributed by atoms with Crippen molar-refractivity contribution in [1.82, 2.24) is 5.32 Å². The smallest absolute Gasteiger partial charge is 0.151 e. The lowest BCUT2D eigenvalue weighted by molar-refractivity contribution is 0.193. The molecule has 2 atom stereocenters. The van der Waals surface area contributed by atoms with E-state index in [-0.39, 0.29) is 11.3 Å². The standard InChI is InChI=1S/C10H21NO3S/c1-14-8-4-7-11-9-5-3-6-10(9)15(2,12)13/h9-11H,3-8H2,1-2H3. The monoisotopic (exact) mass is 235 g/mol. The molecule has 0 aromatic carbocycles. The van der Waals surface area contributed by atoms with Crippen molar-refractivity contribution in [3.8, 4) is 0 Å². The van der Waals surface area contributed by atoms with Crippen molar-refractivity contribution in [2.24, 2.45) is 0 Å². The van der Waals surface area contributed by atoms with Crippen molar-refractivity contribution in [3.63, 3.8) is 0 Å². The number of hydrogen-bond donors (Lipinski definition) is 1. The molecule has 5 heteroatoms. The zero-order valence-corrected chi connectivity index (χ0v) is 10.3. The molecule has 15 heavy (non-hydrogen) atoms. The van der Waals surface area contributed by atoms with Gasteiger partial charge in [-0.15, -0.1) is 0 Å². The maximum atomic E-state index is 11.5. The average molecular weight is 235 g/mol. The van der Waals surface area contributed by atoms with E-state index in [4.69, 9.17) is 4.74 Å². The fourth-order valence-electron chi connectivity index (χ4n) is 2.18. The molecule has 0 radical (unpaired) electrons. The molecule has 1 fully saturated rings. The molecule has 1 rings (SSSR count). The summed E-state index contributed by atoms with van der Waals surface area (Å²) in [5, 5.41) is 3.13. The fraction of sp³-hybridized carbons (Fsp3) is 1.00. The van der Waals surface area contributed by atoms with Crippen LogP contribution in [0.25, 0.3) is 0 Å². The van der Waals surface area contributed by atoms with Crippen LogP contribution in [0.5, 0.6) is 0 Å². The van der Waals surface area contributed by atoms with Crippen LogP contribution in [0.15, 0.2) is 0 Å². The highest BCUT2D eigenvalue weighted by molar-refractivity contribution is 7.91. The van der Waals surface area contributed by atoms with Gasteiger partial charge in [0.05, 0.1) is 5.25 Å². The Hall–Kier alpha value is -0.130. The first-order chi connectivity index (χ1) is 7.05. The summed E-state index contributed by atoms with van der Waals surface area (Å²) >= 11 is 0. The Morgan fingerprint density at radius 1 is 1.40 bits per heavy atom. The predicted molar refractivity (Wildman–Crippen MR) is 60.8 cm³/mol. The number of methoxy groups -OCH3 is 1. The normalized spacial score (nSPS) is 27.1. The second kappa shape index (κ2) is 5.82. The van der Waals surface area contributed by atoms with Crippen molar-refractivity contribution in [2.75, 3.05) is 26.5 Å². The Kier molecular flexibility index (Phi) is 5.02. The summed E-state index contributed by atoms with van der Waals surface area (Å²) in [7, 11) is -1.21. The van der Waals surface area contributed by atoms with Crippen molar-refractivity contribution >= 4 is 9.84 Å². The maximum absolute atomic E-state index is 11.5. The summed E-state index contributed by atoms with van der Waals surface area (Å²) in [6.07, 6.45) is 5.07. The number of nitrogens with one attached hydrogen (secondary N) is 1. The van der Waals surface area contributed by atoms with Gasteiger partial charge in [-0.3, -0.25) is 0 Å². The minimum atomic E-state index is -2.89. The molecule has 0 amide bonds. The molecule has 0 bridgehead atoms. The summed E-state index contributed by atoms with van der Waals surface area (Å²) in [6.45, 7) is 1.56. The lowest BCUT2D eigenvalue weighted by Gasteiger charge is -2.19. The molecule has 4 nitrogen and oxygen atoms in total. The molecule has 2 unspecified atom stereocenters. The third-order valence-corrected chi connectivity index (χ3v) is 4.60. The van der Waals surface area contributed by atoms with Gasteiger partial charge in [-0.1, -0.05) is 6.42 Å². The van der Waals surface area contributed by atoms with E-state index in [9.17, 15) is 8.42 Å². The first-order valence-corrected chi connectivity index (χ1v) is 7.42. The third kappa shape index (κ3) is 4.09. The second-order valence-electron chi connectivity index (χ2n) is 4.21. The minimum Gasteiger partial charge on any atom is -0.385 e. The SMILES string of the molecule is COCCCNC1CCCC1S(C)(=O)=O. The van der Waals surface area contributed by atoms with Crippen LogP contribution >= 0.6 is 0 Å². The van der Waals surface area contributed by atoms with Crippen LogP contribution in [0, 0.1) is 0 Å². The van der Waals surface area contributed by atoms with Gasteiger partial charge in [0.1, 0.15) is 0 Å². The van der Waals surface area contributed by atoms with E-state index in [0.717, 1.165) is 38.8 Å². The van der Waals surface area contributed by atoms with Crippen LogP contribution in [0.2, 0.25) is 0 Å². The molecule has 0 heterocycles. The minimum absolute atomic E-state index is 0.150. The molecule has 0 spiro atoms. The lowest BCUT2D eigenvalue weighted by Crippen LogP contribution is -2.40. The second-order valence-corrected chi connectivity index (χ2v) is 6.47. The molecule has 0 saturated heterocycles. The molecule has 1 aliphatic carbocycles. The van der Waals surface area contributed by atoms with Crippen LogP contribution in [-0.2, 0) is 14.6 Å². The number of sulfone groups is 1. The van der Waals surface area contributed by atoms with Gasteiger partial charge in [0.15, 0.2) is 9.84 Å². The topological polar surface area (TPSA) is 55.4 Å². The van der Waals surface area contributed by atoms with Crippen LogP contribution < -0.4 is 5.32 Å². The maximum Gasteiger partial charge on any atom is 0.151 e. The lowest BCUT2D eigenvalue weighted by atomic mass is 10.2. The molecule has 1 aliphatic rings. The zero-order valence-electron chi connectivity index (χ0n) is 9.53. The highest BCUT2D eigenvalue weighted by Crippen LogP contribution is 2.24. The molecule has 0 aromatic heterocycles. The fourth-order valence-corrected chi connectivity index (χ4v) is 3.60. The number of hydrogen-bond acceptors (Lipinski definition) is 4. The third-order valence-electron chi connectivity index (χ3n) is 2.93. The van der Waals surface area contributed by atoms with E-state index in [2.05, 4.69) is 5.32 Å². The summed E-state index contributed by atoms with van der Waals surface area (Å²) < 4.78 is 27.9. The predicted octanol–water partition coefficient (Wildman–Crippen LogP) is 0.578. The zero-order chi connectivity index (χ0) is 11.3. The Morgan fingerprint density at radius 2 is 2.13 bits per heavy atom. The summed E-state index contributed by atoms with van der Waals surface area (Å²) in [5.41, 5.74) is 0.